The highest BCUT2D eigenvalue weighted by Crippen LogP contribution is 2.16. The minimum atomic E-state index is -3.48. The van der Waals surface area contributed by atoms with Crippen LogP contribution in [-0.2, 0) is 14.8 Å². The summed E-state index contributed by atoms with van der Waals surface area (Å²) in [5.41, 5.74) is 1.10. The first-order valence-corrected chi connectivity index (χ1v) is 7.74. The normalized spacial score (nSPS) is 12.0. The minimum absolute atomic E-state index is 0.0661. The van der Waals surface area contributed by atoms with Crippen molar-refractivity contribution in [3.8, 4) is 0 Å². The highest BCUT2D eigenvalue weighted by atomic mass is 32.2. The molecule has 0 aliphatic rings. The second kappa shape index (κ2) is 7.59. The summed E-state index contributed by atoms with van der Waals surface area (Å²) in [6, 6.07) is 6.85. The standard InChI is InChI=1S/C13H21NO4S/c1-11(2)12-3-5-13(6-4-12)19(16,17)14-7-9-18-10-8-15/h3-6,11,14-15H,7-10H2,1-2H3. The number of aliphatic hydroxyl groups excluding tert-OH is 1. The Balaban J connectivity index is 2.57. The molecule has 0 spiro atoms. The molecule has 19 heavy (non-hydrogen) atoms. The number of hydrogen-bond acceptors (Lipinski definition) is 4. The van der Waals surface area contributed by atoms with Crippen LogP contribution in [0.15, 0.2) is 29.2 Å². The Labute approximate surface area is 114 Å². The molecule has 108 valence electrons. The molecule has 1 aromatic carbocycles. The van der Waals surface area contributed by atoms with Gasteiger partial charge >= 0.3 is 0 Å². The number of benzene rings is 1. The molecule has 0 aromatic heterocycles. The number of sulfonamides is 1. The van der Waals surface area contributed by atoms with Crippen molar-refractivity contribution in [3.05, 3.63) is 29.8 Å². The van der Waals surface area contributed by atoms with E-state index in [1.165, 1.54) is 0 Å². The van der Waals surface area contributed by atoms with Gasteiger partial charge in [0.2, 0.25) is 10.0 Å². The zero-order chi connectivity index (χ0) is 14.3. The van der Waals surface area contributed by atoms with Crippen LogP contribution in [0.3, 0.4) is 0 Å². The molecule has 1 aromatic rings. The van der Waals surface area contributed by atoms with E-state index in [1.807, 2.05) is 12.1 Å². The molecule has 0 amide bonds. The molecule has 0 heterocycles. The highest BCUT2D eigenvalue weighted by Gasteiger charge is 2.13. The first-order valence-electron chi connectivity index (χ1n) is 6.25. The van der Waals surface area contributed by atoms with Gasteiger partial charge in [-0.15, -0.1) is 0 Å². The highest BCUT2D eigenvalue weighted by molar-refractivity contribution is 7.89. The second-order valence-corrected chi connectivity index (χ2v) is 6.22. The largest absolute Gasteiger partial charge is 0.394 e. The molecule has 5 nitrogen and oxygen atoms in total. The molecule has 0 radical (unpaired) electrons. The van der Waals surface area contributed by atoms with E-state index in [0.717, 1.165) is 5.56 Å². The van der Waals surface area contributed by atoms with E-state index in [1.54, 1.807) is 12.1 Å². The van der Waals surface area contributed by atoms with E-state index in [4.69, 9.17) is 9.84 Å². The molecular formula is C13H21NO4S. The summed E-state index contributed by atoms with van der Waals surface area (Å²) in [4.78, 5) is 0.249. The SMILES string of the molecule is CC(C)c1ccc(S(=O)(=O)NCCOCCO)cc1. The lowest BCUT2D eigenvalue weighted by atomic mass is 10.0. The lowest BCUT2D eigenvalue weighted by Gasteiger charge is -2.09. The second-order valence-electron chi connectivity index (χ2n) is 4.46. The molecule has 0 aliphatic carbocycles. The van der Waals surface area contributed by atoms with Gasteiger partial charge in [0, 0.05) is 6.54 Å². The Morgan fingerprint density at radius 3 is 2.37 bits per heavy atom. The Bertz CT molecular complexity index is 468. The average molecular weight is 287 g/mol. The van der Waals surface area contributed by atoms with Crippen LogP contribution in [0.4, 0.5) is 0 Å². The molecule has 0 unspecified atom stereocenters. The van der Waals surface area contributed by atoms with Gasteiger partial charge in [-0.3, -0.25) is 0 Å². The van der Waals surface area contributed by atoms with Gasteiger partial charge in [-0.2, -0.15) is 0 Å². The first kappa shape index (κ1) is 16.1. The molecule has 0 aliphatic heterocycles. The quantitative estimate of drug-likeness (QED) is 0.702. The van der Waals surface area contributed by atoms with Crippen LogP contribution in [0.5, 0.6) is 0 Å². The molecule has 0 saturated heterocycles. The predicted octanol–water partition coefficient (Wildman–Crippen LogP) is 1.10. The molecule has 0 fully saturated rings. The summed E-state index contributed by atoms with van der Waals surface area (Å²) >= 11 is 0. The van der Waals surface area contributed by atoms with E-state index in [-0.39, 0.29) is 31.3 Å². The summed E-state index contributed by atoms with van der Waals surface area (Å²) in [6.07, 6.45) is 0. The van der Waals surface area contributed by atoms with Crippen LogP contribution >= 0.6 is 0 Å². The number of hydrogen-bond donors (Lipinski definition) is 2. The maximum absolute atomic E-state index is 11.9. The molecular weight excluding hydrogens is 266 g/mol. The minimum Gasteiger partial charge on any atom is -0.394 e. The van der Waals surface area contributed by atoms with Gasteiger partial charge in [0.05, 0.1) is 24.7 Å². The number of aliphatic hydroxyl groups is 1. The maximum Gasteiger partial charge on any atom is 0.240 e. The van der Waals surface area contributed by atoms with Gasteiger partial charge in [0.25, 0.3) is 0 Å². The van der Waals surface area contributed by atoms with E-state index in [9.17, 15) is 8.42 Å². The summed E-state index contributed by atoms with van der Waals surface area (Å²) in [6.45, 7) is 4.69. The molecule has 1 rings (SSSR count). The van der Waals surface area contributed by atoms with Crippen molar-refractivity contribution in [1.29, 1.82) is 0 Å². The number of rotatable bonds is 8. The number of nitrogens with one attached hydrogen (secondary N) is 1. The Hall–Kier alpha value is -0.950. The third-order valence-corrected chi connectivity index (χ3v) is 4.11. The topological polar surface area (TPSA) is 75.6 Å². The van der Waals surface area contributed by atoms with Crippen molar-refractivity contribution in [3.63, 3.8) is 0 Å². The molecule has 0 saturated carbocycles. The zero-order valence-electron chi connectivity index (χ0n) is 11.3. The third kappa shape index (κ3) is 5.28. The first-order chi connectivity index (χ1) is 8.97. The fourth-order valence-electron chi connectivity index (χ4n) is 1.53. The van der Waals surface area contributed by atoms with Crippen LogP contribution in [-0.4, -0.2) is 39.9 Å². The van der Waals surface area contributed by atoms with Gasteiger partial charge in [-0.25, -0.2) is 13.1 Å². The zero-order valence-corrected chi connectivity index (χ0v) is 12.1. The van der Waals surface area contributed by atoms with Crippen molar-refractivity contribution in [1.82, 2.24) is 4.72 Å². The summed E-state index contributed by atoms with van der Waals surface area (Å²) in [5, 5.41) is 8.51. The Morgan fingerprint density at radius 2 is 1.84 bits per heavy atom. The summed E-state index contributed by atoms with van der Waals surface area (Å²) in [7, 11) is -3.48. The van der Waals surface area contributed by atoms with Gasteiger partial charge in [-0.05, 0) is 23.6 Å². The number of ether oxygens (including phenoxy) is 1. The smallest absolute Gasteiger partial charge is 0.240 e. The fraction of sp³-hybridized carbons (Fsp3) is 0.538. The van der Waals surface area contributed by atoms with Crippen molar-refractivity contribution >= 4 is 10.0 Å². The van der Waals surface area contributed by atoms with E-state index < -0.39 is 10.0 Å². The van der Waals surface area contributed by atoms with Gasteiger partial charge in [0.15, 0.2) is 0 Å². The van der Waals surface area contributed by atoms with E-state index in [2.05, 4.69) is 18.6 Å². The van der Waals surface area contributed by atoms with Crippen molar-refractivity contribution in [2.24, 2.45) is 0 Å². The fourth-order valence-corrected chi connectivity index (χ4v) is 2.54. The molecule has 0 atom stereocenters. The van der Waals surface area contributed by atoms with Crippen molar-refractivity contribution in [2.45, 2.75) is 24.7 Å². The van der Waals surface area contributed by atoms with Gasteiger partial charge in [0.1, 0.15) is 0 Å². The predicted molar refractivity (Wildman–Crippen MR) is 73.6 cm³/mol. The molecule has 2 N–H and O–H groups in total. The third-order valence-electron chi connectivity index (χ3n) is 2.63. The van der Waals surface area contributed by atoms with Crippen LogP contribution < -0.4 is 4.72 Å². The van der Waals surface area contributed by atoms with E-state index >= 15 is 0 Å². The van der Waals surface area contributed by atoms with E-state index in [0.29, 0.717) is 5.92 Å². The average Bonchev–Trinajstić information content (AvgIpc) is 2.38. The van der Waals surface area contributed by atoms with Crippen LogP contribution in [0.1, 0.15) is 25.3 Å². The monoisotopic (exact) mass is 287 g/mol. The van der Waals surface area contributed by atoms with Crippen LogP contribution in [0, 0.1) is 0 Å². The van der Waals surface area contributed by atoms with Crippen LogP contribution in [0.25, 0.3) is 0 Å². The molecule has 6 heteroatoms. The van der Waals surface area contributed by atoms with Gasteiger partial charge < -0.3 is 9.84 Å². The Morgan fingerprint density at radius 1 is 1.21 bits per heavy atom. The van der Waals surface area contributed by atoms with Crippen molar-refractivity contribution in [2.75, 3.05) is 26.4 Å². The Kier molecular flexibility index (Phi) is 6.44. The lowest BCUT2D eigenvalue weighted by Crippen LogP contribution is -2.27. The maximum atomic E-state index is 11.9. The summed E-state index contributed by atoms with van der Waals surface area (Å²) < 4.78 is 31.3. The van der Waals surface area contributed by atoms with Gasteiger partial charge in [-0.1, -0.05) is 26.0 Å². The van der Waals surface area contributed by atoms with Crippen molar-refractivity contribution < 1.29 is 18.3 Å². The van der Waals surface area contributed by atoms with Crippen LogP contribution in [0.2, 0.25) is 0 Å². The summed E-state index contributed by atoms with van der Waals surface area (Å²) in [5.74, 6) is 0.372. The molecule has 0 bridgehead atoms. The lowest BCUT2D eigenvalue weighted by molar-refractivity contribution is 0.0961.